The second-order valence-electron chi connectivity index (χ2n) is 5.43. The van der Waals surface area contributed by atoms with Crippen LogP contribution in [0.1, 0.15) is 47.2 Å². The van der Waals surface area contributed by atoms with E-state index < -0.39 is 0 Å². The van der Waals surface area contributed by atoms with E-state index in [1.54, 1.807) is 0 Å². The Labute approximate surface area is 115 Å². The summed E-state index contributed by atoms with van der Waals surface area (Å²) in [4.78, 5) is 14.6. The number of hydrogen-bond acceptors (Lipinski definition) is 2. The largest absolute Gasteiger partial charge is 0.394 e. The van der Waals surface area contributed by atoms with Crippen molar-refractivity contribution in [3.05, 3.63) is 34.9 Å². The zero-order valence-corrected chi connectivity index (χ0v) is 11.9. The van der Waals surface area contributed by atoms with Crippen molar-refractivity contribution in [2.24, 2.45) is 0 Å². The molecule has 1 aliphatic heterocycles. The lowest BCUT2D eigenvalue weighted by molar-refractivity contribution is 0.0599. The van der Waals surface area contributed by atoms with Crippen LogP contribution in [0.5, 0.6) is 0 Å². The van der Waals surface area contributed by atoms with Gasteiger partial charge in [-0.15, -0.1) is 0 Å². The highest BCUT2D eigenvalue weighted by atomic mass is 16.3. The first-order valence-electron chi connectivity index (χ1n) is 7.13. The number of nitrogens with zero attached hydrogens (tertiary/aromatic N) is 1. The second kappa shape index (κ2) is 6.20. The van der Waals surface area contributed by atoms with Gasteiger partial charge in [0.1, 0.15) is 0 Å². The van der Waals surface area contributed by atoms with Crippen LogP contribution in [0.25, 0.3) is 0 Å². The zero-order chi connectivity index (χ0) is 13.8. The van der Waals surface area contributed by atoms with E-state index in [1.165, 1.54) is 0 Å². The highest BCUT2D eigenvalue weighted by Crippen LogP contribution is 2.21. The van der Waals surface area contributed by atoms with Crippen molar-refractivity contribution >= 4 is 5.91 Å². The molecule has 0 bridgehead atoms. The smallest absolute Gasteiger partial charge is 0.254 e. The fourth-order valence-corrected chi connectivity index (χ4v) is 2.77. The Morgan fingerprint density at radius 2 is 2.11 bits per heavy atom. The molecule has 104 valence electrons. The maximum absolute atomic E-state index is 12.7. The molecule has 1 saturated heterocycles. The summed E-state index contributed by atoms with van der Waals surface area (Å²) in [5, 5.41) is 9.51. The Morgan fingerprint density at radius 1 is 1.32 bits per heavy atom. The van der Waals surface area contributed by atoms with Crippen LogP contribution in [0.3, 0.4) is 0 Å². The van der Waals surface area contributed by atoms with Crippen molar-refractivity contribution in [3.8, 4) is 0 Å². The van der Waals surface area contributed by atoms with Crippen molar-refractivity contribution in [2.45, 2.75) is 45.6 Å². The molecule has 0 spiro atoms. The van der Waals surface area contributed by atoms with Gasteiger partial charge in [0.15, 0.2) is 0 Å². The first kappa shape index (κ1) is 14.1. The highest BCUT2D eigenvalue weighted by Gasteiger charge is 2.26. The lowest BCUT2D eigenvalue weighted by Gasteiger charge is -2.29. The highest BCUT2D eigenvalue weighted by molar-refractivity contribution is 5.96. The molecule has 2 rings (SSSR count). The molecule has 1 unspecified atom stereocenters. The van der Waals surface area contributed by atoms with E-state index in [4.69, 9.17) is 0 Å². The van der Waals surface area contributed by atoms with Crippen LogP contribution in [-0.2, 0) is 0 Å². The van der Waals surface area contributed by atoms with E-state index in [0.717, 1.165) is 48.9 Å². The number of carbonyl (C=O) groups is 1. The Kier molecular flexibility index (Phi) is 4.59. The minimum Gasteiger partial charge on any atom is -0.394 e. The SMILES string of the molecule is Cc1cccc(C(=O)N2CCCCCC2CO)c1C. The van der Waals surface area contributed by atoms with Crippen LogP contribution in [-0.4, -0.2) is 35.1 Å². The first-order valence-corrected chi connectivity index (χ1v) is 7.13. The molecule has 0 aliphatic carbocycles. The summed E-state index contributed by atoms with van der Waals surface area (Å²) in [5.41, 5.74) is 2.97. The van der Waals surface area contributed by atoms with Crippen LogP contribution in [0.4, 0.5) is 0 Å². The Bertz CT molecular complexity index is 456. The van der Waals surface area contributed by atoms with Gasteiger partial charge in [0, 0.05) is 12.1 Å². The van der Waals surface area contributed by atoms with Crippen LogP contribution >= 0.6 is 0 Å². The van der Waals surface area contributed by atoms with Gasteiger partial charge in [-0.2, -0.15) is 0 Å². The van der Waals surface area contributed by atoms with E-state index in [2.05, 4.69) is 0 Å². The molecule has 0 aromatic heterocycles. The Morgan fingerprint density at radius 3 is 2.84 bits per heavy atom. The number of hydrogen-bond donors (Lipinski definition) is 1. The monoisotopic (exact) mass is 261 g/mol. The maximum atomic E-state index is 12.7. The summed E-state index contributed by atoms with van der Waals surface area (Å²) in [5.74, 6) is 0.0714. The standard InChI is InChI=1S/C16H23NO2/c1-12-7-6-9-15(13(12)2)16(19)17-10-5-3-4-8-14(17)11-18/h6-7,9,14,18H,3-5,8,10-11H2,1-2H3. The van der Waals surface area contributed by atoms with E-state index in [-0.39, 0.29) is 18.6 Å². The molecular weight excluding hydrogens is 238 g/mol. The molecule has 1 atom stereocenters. The van der Waals surface area contributed by atoms with Gasteiger partial charge >= 0.3 is 0 Å². The molecule has 1 amide bonds. The van der Waals surface area contributed by atoms with Gasteiger partial charge in [-0.1, -0.05) is 25.0 Å². The third kappa shape index (κ3) is 2.98. The summed E-state index contributed by atoms with van der Waals surface area (Å²) in [6.45, 7) is 4.85. The number of rotatable bonds is 2. The predicted octanol–water partition coefficient (Wildman–Crippen LogP) is 2.68. The lowest BCUT2D eigenvalue weighted by atomic mass is 10.0. The molecule has 1 fully saturated rings. The quantitative estimate of drug-likeness (QED) is 0.889. The predicted molar refractivity (Wildman–Crippen MR) is 76.3 cm³/mol. The topological polar surface area (TPSA) is 40.5 Å². The van der Waals surface area contributed by atoms with Gasteiger partial charge in [-0.3, -0.25) is 4.79 Å². The number of aliphatic hydroxyl groups is 1. The van der Waals surface area contributed by atoms with Crippen molar-refractivity contribution in [2.75, 3.05) is 13.2 Å². The average Bonchev–Trinajstić information content (AvgIpc) is 2.66. The van der Waals surface area contributed by atoms with E-state index in [1.807, 2.05) is 36.9 Å². The molecule has 0 radical (unpaired) electrons. The van der Waals surface area contributed by atoms with E-state index in [9.17, 15) is 9.90 Å². The number of amides is 1. The molecule has 19 heavy (non-hydrogen) atoms. The maximum Gasteiger partial charge on any atom is 0.254 e. The minimum absolute atomic E-state index is 0.0186. The molecule has 1 heterocycles. The fraction of sp³-hybridized carbons (Fsp3) is 0.562. The fourth-order valence-electron chi connectivity index (χ4n) is 2.77. The Hall–Kier alpha value is -1.35. The first-order chi connectivity index (χ1) is 9.15. The van der Waals surface area contributed by atoms with Gasteiger partial charge in [-0.05, 0) is 43.9 Å². The van der Waals surface area contributed by atoms with Crippen LogP contribution in [0, 0.1) is 13.8 Å². The van der Waals surface area contributed by atoms with Gasteiger partial charge in [0.2, 0.25) is 0 Å². The minimum atomic E-state index is -0.0186. The molecule has 0 saturated carbocycles. The van der Waals surface area contributed by atoms with Crippen molar-refractivity contribution in [3.63, 3.8) is 0 Å². The van der Waals surface area contributed by atoms with Crippen LogP contribution in [0.2, 0.25) is 0 Å². The molecule has 1 N–H and O–H groups in total. The van der Waals surface area contributed by atoms with Crippen molar-refractivity contribution in [1.29, 1.82) is 0 Å². The van der Waals surface area contributed by atoms with Gasteiger partial charge in [0.25, 0.3) is 5.91 Å². The normalized spacial score (nSPS) is 20.2. The van der Waals surface area contributed by atoms with Crippen LogP contribution in [0.15, 0.2) is 18.2 Å². The van der Waals surface area contributed by atoms with Crippen molar-refractivity contribution in [1.82, 2.24) is 4.90 Å². The lowest BCUT2D eigenvalue weighted by Crippen LogP contribution is -2.42. The second-order valence-corrected chi connectivity index (χ2v) is 5.43. The number of aryl methyl sites for hydroxylation is 1. The molecule has 1 aromatic rings. The number of carbonyl (C=O) groups excluding carboxylic acids is 1. The summed E-state index contributed by atoms with van der Waals surface area (Å²) >= 11 is 0. The van der Waals surface area contributed by atoms with Gasteiger partial charge < -0.3 is 10.0 Å². The summed E-state index contributed by atoms with van der Waals surface area (Å²) in [6, 6.07) is 5.83. The van der Waals surface area contributed by atoms with E-state index in [0.29, 0.717) is 0 Å². The summed E-state index contributed by atoms with van der Waals surface area (Å²) < 4.78 is 0. The molecule has 1 aliphatic rings. The number of likely N-dealkylation sites (tertiary alicyclic amines) is 1. The van der Waals surface area contributed by atoms with E-state index >= 15 is 0 Å². The Balaban J connectivity index is 2.28. The number of aliphatic hydroxyl groups excluding tert-OH is 1. The molecule has 1 aromatic carbocycles. The van der Waals surface area contributed by atoms with Gasteiger partial charge in [-0.25, -0.2) is 0 Å². The van der Waals surface area contributed by atoms with Gasteiger partial charge in [0.05, 0.1) is 12.6 Å². The molecular formula is C16H23NO2. The molecule has 3 heteroatoms. The molecule has 3 nitrogen and oxygen atoms in total. The third-order valence-electron chi connectivity index (χ3n) is 4.18. The summed E-state index contributed by atoms with van der Waals surface area (Å²) in [6.07, 6.45) is 4.19. The third-order valence-corrected chi connectivity index (χ3v) is 4.18. The number of benzene rings is 1. The van der Waals surface area contributed by atoms with Crippen LogP contribution < -0.4 is 0 Å². The zero-order valence-electron chi connectivity index (χ0n) is 11.9. The van der Waals surface area contributed by atoms with Crippen molar-refractivity contribution < 1.29 is 9.90 Å². The average molecular weight is 261 g/mol. The summed E-state index contributed by atoms with van der Waals surface area (Å²) in [7, 11) is 0.